The first-order valence-electron chi connectivity index (χ1n) is 4.64. The SMILES string of the molecule is CC=C1C=C[C@@H]2NCC[C@H]3O[C@@]123. The first kappa shape index (κ1) is 6.87. The topological polar surface area (TPSA) is 24.6 Å². The van der Waals surface area contributed by atoms with Crippen LogP contribution in [0.5, 0.6) is 0 Å². The highest BCUT2D eigenvalue weighted by molar-refractivity contribution is 5.48. The largest absolute Gasteiger partial charge is 0.359 e. The van der Waals surface area contributed by atoms with Gasteiger partial charge in [0, 0.05) is 0 Å². The zero-order valence-corrected chi connectivity index (χ0v) is 7.21. The van der Waals surface area contributed by atoms with Gasteiger partial charge in [-0.15, -0.1) is 0 Å². The van der Waals surface area contributed by atoms with E-state index in [2.05, 4.69) is 30.5 Å². The van der Waals surface area contributed by atoms with Crippen molar-refractivity contribution in [3.8, 4) is 0 Å². The predicted octanol–water partition coefficient (Wildman–Crippen LogP) is 1.00. The first-order chi connectivity index (χ1) is 5.88. The Hall–Kier alpha value is -0.600. The van der Waals surface area contributed by atoms with E-state index in [1.54, 1.807) is 0 Å². The van der Waals surface area contributed by atoms with Gasteiger partial charge in [-0.3, -0.25) is 0 Å². The van der Waals surface area contributed by atoms with Crippen LogP contribution in [0.2, 0.25) is 0 Å². The minimum absolute atomic E-state index is 0.0625. The van der Waals surface area contributed by atoms with E-state index in [1.807, 2.05) is 0 Å². The van der Waals surface area contributed by atoms with Gasteiger partial charge in [0.1, 0.15) is 5.60 Å². The summed E-state index contributed by atoms with van der Waals surface area (Å²) >= 11 is 0. The smallest absolute Gasteiger partial charge is 0.138 e. The molecule has 3 rings (SSSR count). The summed E-state index contributed by atoms with van der Waals surface area (Å²) in [5.41, 5.74) is 1.43. The van der Waals surface area contributed by atoms with Crippen molar-refractivity contribution >= 4 is 0 Å². The highest BCUT2D eigenvalue weighted by Crippen LogP contribution is 2.53. The standard InChI is InChI=1S/C10H13NO/c1-2-7-3-4-8-10(7)9(12-10)5-6-11-8/h2-4,8-9,11H,5-6H2,1H3/t8-,9+,10-/m0/s1. The minimum Gasteiger partial charge on any atom is -0.359 e. The zero-order valence-electron chi connectivity index (χ0n) is 7.21. The van der Waals surface area contributed by atoms with Gasteiger partial charge in [-0.1, -0.05) is 18.2 Å². The van der Waals surface area contributed by atoms with Gasteiger partial charge in [-0.05, 0) is 25.5 Å². The molecule has 12 heavy (non-hydrogen) atoms. The molecule has 1 spiro atoms. The van der Waals surface area contributed by atoms with Crippen LogP contribution >= 0.6 is 0 Å². The van der Waals surface area contributed by atoms with Crippen molar-refractivity contribution in [2.24, 2.45) is 0 Å². The third-order valence-corrected chi connectivity index (χ3v) is 3.22. The Kier molecular flexibility index (Phi) is 1.15. The third-order valence-electron chi connectivity index (χ3n) is 3.22. The second-order valence-corrected chi connectivity index (χ2v) is 3.72. The molecule has 0 aromatic rings. The zero-order chi connectivity index (χ0) is 8.18. The summed E-state index contributed by atoms with van der Waals surface area (Å²) in [7, 11) is 0. The van der Waals surface area contributed by atoms with Crippen molar-refractivity contribution < 1.29 is 4.74 Å². The summed E-state index contributed by atoms with van der Waals surface area (Å²) in [5.74, 6) is 0. The van der Waals surface area contributed by atoms with Crippen molar-refractivity contribution in [2.75, 3.05) is 6.54 Å². The van der Waals surface area contributed by atoms with E-state index in [-0.39, 0.29) is 5.60 Å². The van der Waals surface area contributed by atoms with Gasteiger partial charge in [0.25, 0.3) is 0 Å². The summed E-state index contributed by atoms with van der Waals surface area (Å²) in [5, 5.41) is 3.47. The van der Waals surface area contributed by atoms with Crippen molar-refractivity contribution in [1.82, 2.24) is 5.32 Å². The molecule has 2 heterocycles. The maximum Gasteiger partial charge on any atom is 0.138 e. The molecule has 2 fully saturated rings. The summed E-state index contributed by atoms with van der Waals surface area (Å²) in [6, 6.07) is 0.447. The second-order valence-electron chi connectivity index (χ2n) is 3.72. The number of rotatable bonds is 0. The van der Waals surface area contributed by atoms with E-state index in [1.165, 1.54) is 5.57 Å². The molecule has 0 radical (unpaired) electrons. The molecule has 0 bridgehead atoms. The molecule has 0 unspecified atom stereocenters. The lowest BCUT2D eigenvalue weighted by Crippen LogP contribution is -2.45. The van der Waals surface area contributed by atoms with E-state index in [9.17, 15) is 0 Å². The van der Waals surface area contributed by atoms with E-state index in [0.29, 0.717) is 12.1 Å². The van der Waals surface area contributed by atoms with Gasteiger partial charge in [0.2, 0.25) is 0 Å². The molecule has 2 saturated heterocycles. The third kappa shape index (κ3) is 0.595. The highest BCUT2D eigenvalue weighted by Gasteiger charge is 2.65. The highest BCUT2D eigenvalue weighted by atomic mass is 16.6. The van der Waals surface area contributed by atoms with Crippen LogP contribution in [0.4, 0.5) is 0 Å². The molecule has 0 saturated carbocycles. The summed E-state index contributed by atoms with van der Waals surface area (Å²) in [6.07, 6.45) is 8.25. The number of hydrogen-bond donors (Lipinski definition) is 1. The Bertz CT molecular complexity index is 282. The summed E-state index contributed by atoms with van der Waals surface area (Å²) in [4.78, 5) is 0. The fourth-order valence-electron chi connectivity index (χ4n) is 2.57. The summed E-state index contributed by atoms with van der Waals surface area (Å²) in [6.45, 7) is 3.18. The molecule has 0 aromatic carbocycles. The molecular weight excluding hydrogens is 150 g/mol. The lowest BCUT2D eigenvalue weighted by Gasteiger charge is -2.22. The van der Waals surface area contributed by atoms with E-state index in [4.69, 9.17) is 4.74 Å². The molecule has 2 heteroatoms. The lowest BCUT2D eigenvalue weighted by molar-refractivity contribution is 0.312. The van der Waals surface area contributed by atoms with E-state index < -0.39 is 0 Å². The van der Waals surface area contributed by atoms with Crippen molar-refractivity contribution in [2.45, 2.75) is 31.1 Å². The maximum atomic E-state index is 5.80. The Morgan fingerprint density at radius 3 is 3.50 bits per heavy atom. The maximum absolute atomic E-state index is 5.80. The molecule has 0 amide bonds. The molecule has 2 nitrogen and oxygen atoms in total. The monoisotopic (exact) mass is 163 g/mol. The number of allylic oxidation sites excluding steroid dienone is 1. The quantitative estimate of drug-likeness (QED) is 0.539. The van der Waals surface area contributed by atoms with Gasteiger partial charge in [0.15, 0.2) is 0 Å². The fourth-order valence-corrected chi connectivity index (χ4v) is 2.57. The fraction of sp³-hybridized carbons (Fsp3) is 0.600. The molecule has 3 aliphatic rings. The molecule has 0 aromatic heterocycles. The van der Waals surface area contributed by atoms with Crippen LogP contribution in [-0.4, -0.2) is 24.3 Å². The van der Waals surface area contributed by atoms with Gasteiger partial charge >= 0.3 is 0 Å². The lowest BCUT2D eigenvalue weighted by atomic mass is 9.89. The van der Waals surface area contributed by atoms with Crippen LogP contribution in [-0.2, 0) is 4.74 Å². The number of hydrogen-bond acceptors (Lipinski definition) is 2. The number of epoxide rings is 1. The van der Waals surface area contributed by atoms with Gasteiger partial charge in [0.05, 0.1) is 12.1 Å². The first-order valence-corrected chi connectivity index (χ1v) is 4.64. The van der Waals surface area contributed by atoms with Crippen LogP contribution < -0.4 is 5.32 Å². The summed E-state index contributed by atoms with van der Waals surface area (Å²) < 4.78 is 5.80. The molecule has 1 N–H and O–H groups in total. The van der Waals surface area contributed by atoms with Crippen molar-refractivity contribution in [3.63, 3.8) is 0 Å². The minimum atomic E-state index is 0.0625. The van der Waals surface area contributed by atoms with Crippen molar-refractivity contribution in [3.05, 3.63) is 23.8 Å². The number of nitrogens with one attached hydrogen (secondary N) is 1. The van der Waals surface area contributed by atoms with Gasteiger partial charge in [-0.25, -0.2) is 0 Å². The Balaban J connectivity index is 2.02. The molecular formula is C10H13NO. The molecule has 3 atom stereocenters. The normalized spacial score (nSPS) is 52.2. The van der Waals surface area contributed by atoms with Crippen LogP contribution in [0.15, 0.2) is 23.8 Å². The van der Waals surface area contributed by atoms with Crippen LogP contribution in [0.1, 0.15) is 13.3 Å². The van der Waals surface area contributed by atoms with Crippen molar-refractivity contribution in [1.29, 1.82) is 0 Å². The molecule has 64 valence electrons. The predicted molar refractivity (Wildman–Crippen MR) is 46.9 cm³/mol. The van der Waals surface area contributed by atoms with Crippen LogP contribution in [0.3, 0.4) is 0 Å². The van der Waals surface area contributed by atoms with Crippen LogP contribution in [0, 0.1) is 0 Å². The Morgan fingerprint density at radius 1 is 1.75 bits per heavy atom. The number of ether oxygens (including phenoxy) is 1. The molecule has 1 aliphatic carbocycles. The molecule has 2 aliphatic heterocycles. The second kappa shape index (κ2) is 2.01. The average molecular weight is 163 g/mol. The Morgan fingerprint density at radius 2 is 2.67 bits per heavy atom. The van der Waals surface area contributed by atoms with Crippen LogP contribution in [0.25, 0.3) is 0 Å². The van der Waals surface area contributed by atoms with E-state index in [0.717, 1.165) is 13.0 Å². The van der Waals surface area contributed by atoms with E-state index >= 15 is 0 Å². The average Bonchev–Trinajstić information content (AvgIpc) is 2.72. The number of piperidine rings is 1. The van der Waals surface area contributed by atoms with Gasteiger partial charge in [-0.2, -0.15) is 0 Å². The van der Waals surface area contributed by atoms with Gasteiger partial charge < -0.3 is 10.1 Å². The Labute approximate surface area is 72.3 Å².